The van der Waals surface area contributed by atoms with Crippen LogP contribution in [-0.4, -0.2) is 42.0 Å². The summed E-state index contributed by atoms with van der Waals surface area (Å²) in [6.45, 7) is 5.53. The number of ketones is 1. The summed E-state index contributed by atoms with van der Waals surface area (Å²) in [5, 5.41) is 13.6. The number of benzene rings is 3. The molecule has 0 saturated carbocycles. The molecule has 0 aliphatic carbocycles. The first-order valence-electron chi connectivity index (χ1n) is 12.1. The topological polar surface area (TPSA) is 59.0 Å². The van der Waals surface area contributed by atoms with E-state index in [-0.39, 0.29) is 23.9 Å². The van der Waals surface area contributed by atoms with Gasteiger partial charge in [-0.15, -0.1) is 23.7 Å². The monoisotopic (exact) mass is 523 g/mol. The van der Waals surface area contributed by atoms with Crippen molar-refractivity contribution in [2.24, 2.45) is 0 Å². The van der Waals surface area contributed by atoms with Crippen LogP contribution in [0.4, 0.5) is 0 Å². The molecule has 1 aliphatic heterocycles. The van der Waals surface area contributed by atoms with Crippen LogP contribution in [0.25, 0.3) is 21.9 Å². The summed E-state index contributed by atoms with van der Waals surface area (Å²) in [5.41, 5.74) is 1.70. The van der Waals surface area contributed by atoms with E-state index in [4.69, 9.17) is 9.47 Å². The summed E-state index contributed by atoms with van der Waals surface area (Å²) < 4.78 is 12.4. The zero-order valence-corrected chi connectivity index (χ0v) is 21.9. The minimum atomic E-state index is 0. The minimum Gasteiger partial charge on any atom is -0.508 e. The van der Waals surface area contributed by atoms with Crippen molar-refractivity contribution in [3.05, 3.63) is 70.9 Å². The molecular formula is C29H30ClNO4S. The summed E-state index contributed by atoms with van der Waals surface area (Å²) in [4.78, 5) is 15.4. The van der Waals surface area contributed by atoms with Crippen molar-refractivity contribution in [2.45, 2.75) is 26.2 Å². The number of carbonyl (C=O) groups is 1. The largest absolute Gasteiger partial charge is 0.508 e. The van der Waals surface area contributed by atoms with E-state index in [1.165, 1.54) is 30.6 Å². The van der Waals surface area contributed by atoms with Crippen LogP contribution in [0.2, 0.25) is 0 Å². The number of piperidine rings is 1. The smallest absolute Gasteiger partial charge is 0.170 e. The Morgan fingerprint density at radius 2 is 1.69 bits per heavy atom. The van der Waals surface area contributed by atoms with Crippen molar-refractivity contribution in [3.63, 3.8) is 0 Å². The van der Waals surface area contributed by atoms with E-state index in [2.05, 4.69) is 4.90 Å². The Morgan fingerprint density at radius 1 is 0.944 bits per heavy atom. The molecule has 4 aromatic rings. The Bertz CT molecular complexity index is 1330. The van der Waals surface area contributed by atoms with E-state index in [1.807, 2.05) is 53.9 Å². The summed E-state index contributed by atoms with van der Waals surface area (Å²) in [6.07, 6.45) is 3.89. The van der Waals surface area contributed by atoms with Gasteiger partial charge in [0.2, 0.25) is 0 Å². The van der Waals surface area contributed by atoms with Gasteiger partial charge in [0.05, 0.1) is 4.88 Å². The maximum atomic E-state index is 12.2. The molecule has 0 amide bonds. The summed E-state index contributed by atoms with van der Waals surface area (Å²) in [7, 11) is 0. The molecule has 7 heteroatoms. The van der Waals surface area contributed by atoms with Crippen molar-refractivity contribution in [1.29, 1.82) is 0 Å². The van der Waals surface area contributed by atoms with Crippen LogP contribution in [0.15, 0.2) is 66.0 Å². The molecule has 2 heterocycles. The van der Waals surface area contributed by atoms with Crippen LogP contribution in [0.5, 0.6) is 23.0 Å². The fourth-order valence-electron chi connectivity index (χ4n) is 4.60. The van der Waals surface area contributed by atoms with Crippen LogP contribution < -0.4 is 9.47 Å². The second-order valence-corrected chi connectivity index (χ2v) is 9.81. The number of thiophene rings is 1. The third-order valence-electron chi connectivity index (χ3n) is 6.40. The first kappa shape index (κ1) is 26.0. The SMILES string of the molecule is CC(=O)c1sccc1-c1ccc2cc(O)ccc2c1Oc1ccc(OCCN2CCCCC2)cc1.Cl. The second kappa shape index (κ2) is 11.8. The van der Waals surface area contributed by atoms with Crippen LogP contribution in [0, 0.1) is 0 Å². The lowest BCUT2D eigenvalue weighted by atomic mass is 9.99. The van der Waals surface area contributed by atoms with E-state index >= 15 is 0 Å². The molecule has 36 heavy (non-hydrogen) atoms. The van der Waals surface area contributed by atoms with Gasteiger partial charge in [0, 0.05) is 23.1 Å². The molecule has 5 rings (SSSR count). The van der Waals surface area contributed by atoms with Crippen molar-refractivity contribution in [2.75, 3.05) is 26.2 Å². The van der Waals surface area contributed by atoms with Gasteiger partial charge < -0.3 is 14.6 Å². The van der Waals surface area contributed by atoms with Crippen LogP contribution in [-0.2, 0) is 0 Å². The Balaban J connectivity index is 0.00000304. The number of phenols is 1. The van der Waals surface area contributed by atoms with E-state index in [1.54, 1.807) is 19.1 Å². The summed E-state index contributed by atoms with van der Waals surface area (Å²) in [6, 6.07) is 18.7. The number of Topliss-reactive ketones (excluding diaryl/α,β-unsaturated/α-hetero) is 1. The van der Waals surface area contributed by atoms with Crippen LogP contribution in [0.1, 0.15) is 35.9 Å². The molecule has 0 spiro atoms. The highest BCUT2D eigenvalue weighted by Crippen LogP contribution is 2.43. The van der Waals surface area contributed by atoms with Crippen molar-refractivity contribution in [1.82, 2.24) is 4.90 Å². The number of nitrogens with zero attached hydrogens (tertiary/aromatic N) is 1. The lowest BCUT2D eigenvalue weighted by molar-refractivity contribution is 0.102. The fourth-order valence-corrected chi connectivity index (χ4v) is 5.41. The number of hydrogen-bond acceptors (Lipinski definition) is 6. The number of halogens is 1. The number of hydrogen-bond donors (Lipinski definition) is 1. The van der Waals surface area contributed by atoms with E-state index in [9.17, 15) is 9.90 Å². The van der Waals surface area contributed by atoms with Crippen LogP contribution in [0.3, 0.4) is 0 Å². The van der Waals surface area contributed by atoms with E-state index < -0.39 is 0 Å². The van der Waals surface area contributed by atoms with Crippen LogP contribution >= 0.6 is 23.7 Å². The van der Waals surface area contributed by atoms with Gasteiger partial charge in [-0.1, -0.05) is 12.5 Å². The molecule has 1 aliphatic rings. The molecule has 3 aromatic carbocycles. The van der Waals surface area contributed by atoms with Gasteiger partial charge in [-0.2, -0.15) is 0 Å². The highest BCUT2D eigenvalue weighted by atomic mass is 35.5. The molecule has 0 radical (unpaired) electrons. The number of rotatable bonds is 8. The highest BCUT2D eigenvalue weighted by Gasteiger charge is 2.18. The van der Waals surface area contributed by atoms with Gasteiger partial charge in [-0.25, -0.2) is 0 Å². The molecule has 1 fully saturated rings. The van der Waals surface area contributed by atoms with Gasteiger partial charge in [0.1, 0.15) is 29.6 Å². The highest BCUT2D eigenvalue weighted by molar-refractivity contribution is 7.12. The number of fused-ring (bicyclic) bond motifs is 1. The van der Waals surface area contributed by atoms with Gasteiger partial charge >= 0.3 is 0 Å². The van der Waals surface area contributed by atoms with Gasteiger partial charge in [-0.3, -0.25) is 9.69 Å². The van der Waals surface area contributed by atoms with E-state index in [0.29, 0.717) is 23.0 Å². The third-order valence-corrected chi connectivity index (χ3v) is 7.41. The molecule has 5 nitrogen and oxygen atoms in total. The number of carbonyl (C=O) groups excluding carboxylic acids is 1. The van der Waals surface area contributed by atoms with Crippen molar-refractivity contribution >= 4 is 40.3 Å². The van der Waals surface area contributed by atoms with Crippen molar-refractivity contribution < 1.29 is 19.4 Å². The molecule has 188 valence electrons. The van der Waals surface area contributed by atoms with Gasteiger partial charge in [0.15, 0.2) is 5.78 Å². The zero-order chi connectivity index (χ0) is 24.2. The molecule has 0 atom stereocenters. The average Bonchev–Trinajstić information content (AvgIpc) is 3.36. The predicted molar refractivity (Wildman–Crippen MR) is 148 cm³/mol. The molecule has 1 N–H and O–H groups in total. The second-order valence-electron chi connectivity index (χ2n) is 8.89. The Morgan fingerprint density at radius 3 is 2.44 bits per heavy atom. The Labute approximate surface area is 221 Å². The number of ether oxygens (including phenoxy) is 2. The first-order chi connectivity index (χ1) is 17.1. The lowest BCUT2D eigenvalue weighted by Gasteiger charge is -2.26. The maximum Gasteiger partial charge on any atom is 0.170 e. The molecule has 1 aromatic heterocycles. The number of phenolic OH excluding ortho intramolecular Hbond substituents is 1. The standard InChI is InChI=1S/C29H29NO4S.ClH/c1-20(31)29-27(13-18-35-29)26-11-5-21-19-22(32)6-12-25(21)28(26)34-24-9-7-23(8-10-24)33-17-16-30-14-3-2-4-15-30;/h5-13,18-19,32H,2-4,14-17H2,1H3;1H. The Hall–Kier alpha value is -3.06. The number of likely N-dealkylation sites (tertiary alicyclic amines) is 1. The molecule has 0 unspecified atom stereocenters. The third kappa shape index (κ3) is 5.84. The number of aromatic hydroxyl groups is 1. The Kier molecular flexibility index (Phi) is 8.52. The summed E-state index contributed by atoms with van der Waals surface area (Å²) in [5.74, 6) is 2.37. The molecular weight excluding hydrogens is 494 g/mol. The minimum absolute atomic E-state index is 0. The quantitative estimate of drug-likeness (QED) is 0.241. The van der Waals surface area contributed by atoms with Gasteiger partial charge in [-0.05, 0) is 98.2 Å². The lowest BCUT2D eigenvalue weighted by Crippen LogP contribution is -2.33. The fraction of sp³-hybridized carbons (Fsp3) is 0.276. The molecule has 0 bridgehead atoms. The summed E-state index contributed by atoms with van der Waals surface area (Å²) >= 11 is 1.43. The van der Waals surface area contributed by atoms with E-state index in [0.717, 1.165) is 47.3 Å². The average molecular weight is 524 g/mol. The maximum absolute atomic E-state index is 12.2. The predicted octanol–water partition coefficient (Wildman–Crippen LogP) is 7.56. The van der Waals surface area contributed by atoms with Crippen molar-refractivity contribution in [3.8, 4) is 34.1 Å². The first-order valence-corrected chi connectivity index (χ1v) is 12.9. The zero-order valence-electron chi connectivity index (χ0n) is 20.2. The van der Waals surface area contributed by atoms with Gasteiger partial charge in [0.25, 0.3) is 0 Å². The normalized spacial score (nSPS) is 13.8. The molecule has 1 saturated heterocycles.